The fraction of sp³-hybridized carbons (Fsp3) is 0.571. The van der Waals surface area contributed by atoms with E-state index < -0.39 is 32.4 Å². The van der Waals surface area contributed by atoms with Crippen molar-refractivity contribution < 1.29 is 21.6 Å². The molecule has 0 unspecified atom stereocenters. The van der Waals surface area contributed by atoms with E-state index in [1.807, 2.05) is 6.92 Å². The van der Waals surface area contributed by atoms with Gasteiger partial charge in [-0.25, -0.2) is 21.6 Å². The van der Waals surface area contributed by atoms with Gasteiger partial charge in [0, 0.05) is 12.6 Å². The monoisotopic (exact) mass is 336 g/mol. The Morgan fingerprint density at radius 3 is 2.41 bits per heavy atom. The maximum Gasteiger partial charge on any atom is 0.246 e. The van der Waals surface area contributed by atoms with Gasteiger partial charge in [-0.3, -0.25) is 0 Å². The van der Waals surface area contributed by atoms with Crippen molar-refractivity contribution in [2.24, 2.45) is 0 Å². The first-order valence-electron chi connectivity index (χ1n) is 7.25. The molecule has 22 heavy (non-hydrogen) atoms. The third-order valence-electron chi connectivity index (χ3n) is 3.75. The van der Waals surface area contributed by atoms with Crippen molar-refractivity contribution >= 4 is 10.0 Å². The molecule has 1 saturated heterocycles. The first kappa shape index (κ1) is 17.2. The molecular weight excluding hydrogens is 317 g/mol. The van der Waals surface area contributed by atoms with Crippen LogP contribution in [0, 0.1) is 17.5 Å². The molecule has 0 spiro atoms. The Balaban J connectivity index is 2.43. The molecule has 0 aromatic heterocycles. The van der Waals surface area contributed by atoms with Crippen molar-refractivity contribution in [2.75, 3.05) is 19.6 Å². The van der Waals surface area contributed by atoms with Crippen LogP contribution in [0.3, 0.4) is 0 Å². The molecule has 4 nitrogen and oxygen atoms in total. The number of nitrogens with zero attached hydrogens (tertiary/aromatic N) is 1. The van der Waals surface area contributed by atoms with Crippen molar-refractivity contribution in [3.63, 3.8) is 0 Å². The molecule has 0 aliphatic carbocycles. The maximum atomic E-state index is 13.9. The van der Waals surface area contributed by atoms with Gasteiger partial charge < -0.3 is 5.32 Å². The lowest BCUT2D eigenvalue weighted by Crippen LogP contribution is -2.46. The van der Waals surface area contributed by atoms with Gasteiger partial charge in [0.15, 0.2) is 17.5 Å². The van der Waals surface area contributed by atoms with Crippen LogP contribution in [0.4, 0.5) is 13.2 Å². The predicted molar refractivity (Wildman–Crippen MR) is 76.4 cm³/mol. The Bertz CT molecular complexity index is 631. The van der Waals surface area contributed by atoms with Crippen LogP contribution in [-0.2, 0) is 10.0 Å². The van der Waals surface area contributed by atoms with E-state index in [0.29, 0.717) is 38.4 Å². The number of nitrogens with one attached hydrogen (secondary N) is 1. The number of benzene rings is 1. The summed E-state index contributed by atoms with van der Waals surface area (Å²) in [6.45, 7) is 3.36. The lowest BCUT2D eigenvalue weighted by molar-refractivity contribution is 0.261. The summed E-state index contributed by atoms with van der Waals surface area (Å²) < 4.78 is 66.9. The number of sulfonamides is 1. The van der Waals surface area contributed by atoms with E-state index in [4.69, 9.17) is 0 Å². The van der Waals surface area contributed by atoms with Crippen molar-refractivity contribution in [1.29, 1.82) is 0 Å². The molecule has 1 aliphatic heterocycles. The Morgan fingerprint density at radius 1 is 1.18 bits per heavy atom. The molecule has 1 N–H and O–H groups in total. The molecule has 8 heteroatoms. The summed E-state index contributed by atoms with van der Waals surface area (Å²) in [7, 11) is -4.21. The summed E-state index contributed by atoms with van der Waals surface area (Å²) >= 11 is 0. The van der Waals surface area contributed by atoms with Gasteiger partial charge in [-0.15, -0.1) is 0 Å². The van der Waals surface area contributed by atoms with Crippen LogP contribution in [0.15, 0.2) is 17.0 Å². The van der Waals surface area contributed by atoms with Gasteiger partial charge >= 0.3 is 0 Å². The highest BCUT2D eigenvalue weighted by Gasteiger charge is 2.34. The standard InChI is InChI=1S/C14H19F3N2O2S/c1-2-9-19(10-5-7-18-8-6-10)22(20,21)12-4-3-11(15)13(16)14(12)17/h3-4,10,18H,2,5-9H2,1H3. The molecule has 1 aromatic rings. The summed E-state index contributed by atoms with van der Waals surface area (Å²) in [4.78, 5) is -0.807. The fourth-order valence-corrected chi connectivity index (χ4v) is 4.48. The number of hydrogen-bond acceptors (Lipinski definition) is 3. The molecule has 0 radical (unpaired) electrons. The highest BCUT2D eigenvalue weighted by molar-refractivity contribution is 7.89. The largest absolute Gasteiger partial charge is 0.317 e. The molecule has 124 valence electrons. The van der Waals surface area contributed by atoms with Crippen LogP contribution in [0.5, 0.6) is 0 Å². The number of halogens is 3. The average Bonchev–Trinajstić information content (AvgIpc) is 2.50. The minimum absolute atomic E-state index is 0.214. The van der Waals surface area contributed by atoms with E-state index in [0.717, 1.165) is 6.07 Å². The minimum atomic E-state index is -4.21. The van der Waals surface area contributed by atoms with Crippen molar-refractivity contribution in [1.82, 2.24) is 9.62 Å². The summed E-state index contributed by atoms with van der Waals surface area (Å²) in [5.41, 5.74) is 0. The summed E-state index contributed by atoms with van der Waals surface area (Å²) in [6.07, 6.45) is 1.75. The van der Waals surface area contributed by atoms with E-state index in [9.17, 15) is 21.6 Å². The van der Waals surface area contributed by atoms with E-state index in [2.05, 4.69) is 5.32 Å². The Labute approximate surface area is 128 Å². The lowest BCUT2D eigenvalue weighted by Gasteiger charge is -2.33. The Kier molecular flexibility index (Phi) is 5.46. The smallest absolute Gasteiger partial charge is 0.246 e. The van der Waals surface area contributed by atoms with E-state index in [-0.39, 0.29) is 12.6 Å². The van der Waals surface area contributed by atoms with Gasteiger partial charge in [-0.2, -0.15) is 4.31 Å². The second-order valence-corrected chi connectivity index (χ2v) is 7.13. The van der Waals surface area contributed by atoms with Gasteiger partial charge in [-0.05, 0) is 44.5 Å². The normalized spacial score (nSPS) is 17.1. The molecule has 1 fully saturated rings. The lowest BCUT2D eigenvalue weighted by atomic mass is 10.1. The van der Waals surface area contributed by atoms with Gasteiger partial charge in [0.05, 0.1) is 0 Å². The van der Waals surface area contributed by atoms with E-state index >= 15 is 0 Å². The Hall–Kier alpha value is -1.12. The summed E-state index contributed by atoms with van der Waals surface area (Å²) in [5, 5.41) is 3.13. The second-order valence-electron chi connectivity index (χ2n) is 5.27. The zero-order valence-corrected chi connectivity index (χ0v) is 13.1. The van der Waals surface area contributed by atoms with Crippen molar-refractivity contribution in [3.05, 3.63) is 29.6 Å². The molecule has 0 saturated carbocycles. The average molecular weight is 336 g/mol. The molecule has 0 amide bonds. The van der Waals surface area contributed by atoms with Crippen LogP contribution < -0.4 is 5.32 Å². The van der Waals surface area contributed by atoms with Gasteiger partial charge in [-0.1, -0.05) is 6.92 Å². The molecule has 0 atom stereocenters. The first-order valence-corrected chi connectivity index (χ1v) is 8.69. The molecule has 2 rings (SSSR count). The number of piperidine rings is 1. The summed E-state index contributed by atoms with van der Waals surface area (Å²) in [5.74, 6) is -4.82. The van der Waals surface area contributed by atoms with Crippen LogP contribution in [-0.4, -0.2) is 38.4 Å². The Morgan fingerprint density at radius 2 is 1.82 bits per heavy atom. The topological polar surface area (TPSA) is 49.4 Å². The third-order valence-corrected chi connectivity index (χ3v) is 5.72. The minimum Gasteiger partial charge on any atom is -0.317 e. The van der Waals surface area contributed by atoms with Gasteiger partial charge in [0.1, 0.15) is 4.90 Å². The highest BCUT2D eigenvalue weighted by Crippen LogP contribution is 2.26. The third kappa shape index (κ3) is 3.28. The van der Waals surface area contributed by atoms with Crippen molar-refractivity contribution in [3.8, 4) is 0 Å². The number of rotatable bonds is 5. The van der Waals surface area contributed by atoms with E-state index in [1.165, 1.54) is 4.31 Å². The highest BCUT2D eigenvalue weighted by atomic mass is 32.2. The molecule has 1 aromatic carbocycles. The molecule has 1 aliphatic rings. The zero-order chi connectivity index (χ0) is 16.3. The van der Waals surface area contributed by atoms with Crippen molar-refractivity contribution in [2.45, 2.75) is 37.1 Å². The SMILES string of the molecule is CCCN(C1CCNCC1)S(=O)(=O)c1ccc(F)c(F)c1F. The molecule has 1 heterocycles. The second kappa shape index (κ2) is 6.97. The van der Waals surface area contributed by atoms with E-state index in [1.54, 1.807) is 0 Å². The number of hydrogen-bond donors (Lipinski definition) is 1. The first-order chi connectivity index (χ1) is 10.4. The van der Waals surface area contributed by atoms with Gasteiger partial charge in [0.25, 0.3) is 0 Å². The predicted octanol–water partition coefficient (Wildman–Crippen LogP) is 2.26. The van der Waals surface area contributed by atoms with Crippen LogP contribution in [0.1, 0.15) is 26.2 Å². The summed E-state index contributed by atoms with van der Waals surface area (Å²) in [6, 6.07) is 1.16. The van der Waals surface area contributed by atoms with Crippen LogP contribution in [0.2, 0.25) is 0 Å². The van der Waals surface area contributed by atoms with Crippen LogP contribution in [0.25, 0.3) is 0 Å². The molecule has 0 bridgehead atoms. The molecular formula is C14H19F3N2O2S. The quantitative estimate of drug-likeness (QED) is 0.839. The zero-order valence-electron chi connectivity index (χ0n) is 12.3. The fourth-order valence-electron chi connectivity index (χ4n) is 2.65. The maximum absolute atomic E-state index is 13.9. The van der Waals surface area contributed by atoms with Gasteiger partial charge in [0.2, 0.25) is 10.0 Å². The van der Waals surface area contributed by atoms with Crippen LogP contribution >= 0.6 is 0 Å².